The van der Waals surface area contributed by atoms with Gasteiger partial charge in [0.1, 0.15) is 0 Å². The molecule has 22 heavy (non-hydrogen) atoms. The fourth-order valence-corrected chi connectivity index (χ4v) is 5.11. The van der Waals surface area contributed by atoms with Crippen LogP contribution in [0.5, 0.6) is 0 Å². The third kappa shape index (κ3) is 3.55. The van der Waals surface area contributed by atoms with E-state index >= 15 is 0 Å². The molecular weight excluding hydrogens is 316 g/mol. The van der Waals surface area contributed by atoms with Crippen LogP contribution in [0, 0.1) is 10.8 Å². The Morgan fingerprint density at radius 2 is 2.14 bits per heavy atom. The minimum absolute atomic E-state index is 0.0939. The van der Waals surface area contributed by atoms with Crippen molar-refractivity contribution in [3.63, 3.8) is 0 Å². The summed E-state index contributed by atoms with van der Waals surface area (Å²) in [5.74, 6) is 0. The minimum Gasteiger partial charge on any atom is -0.393 e. The van der Waals surface area contributed by atoms with Gasteiger partial charge < -0.3 is 10.4 Å². The first kappa shape index (κ1) is 16.0. The molecule has 1 saturated carbocycles. The van der Waals surface area contributed by atoms with Gasteiger partial charge in [-0.05, 0) is 48.3 Å². The summed E-state index contributed by atoms with van der Waals surface area (Å²) in [6, 6.07) is 5.78. The normalized spacial score (nSPS) is 28.0. The summed E-state index contributed by atoms with van der Waals surface area (Å²) in [4.78, 5) is 4.61. The highest BCUT2D eigenvalue weighted by Gasteiger charge is 2.40. The number of anilines is 1. The van der Waals surface area contributed by atoms with Crippen LogP contribution in [-0.4, -0.2) is 22.7 Å². The molecular formula is C17H23ClN2OS. The Morgan fingerprint density at radius 3 is 2.86 bits per heavy atom. The molecule has 0 bridgehead atoms. The first-order valence-corrected chi connectivity index (χ1v) is 8.92. The van der Waals surface area contributed by atoms with Crippen molar-refractivity contribution < 1.29 is 5.11 Å². The second-order valence-electron chi connectivity index (χ2n) is 7.70. The standard InChI is InChI=1S/C17H23ClN2OS/c1-16(2)7-12(21)8-17(3,9-16)10-19-15-20-13-5-4-11(18)6-14(13)22-15/h4-6,12,21H,7-10H2,1-3H3,(H,19,20)/t12-,17-/m0/s1. The second kappa shape index (κ2) is 5.66. The molecule has 2 N–H and O–H groups in total. The van der Waals surface area contributed by atoms with Crippen LogP contribution < -0.4 is 5.32 Å². The van der Waals surface area contributed by atoms with E-state index in [0.717, 1.165) is 46.2 Å². The van der Waals surface area contributed by atoms with Gasteiger partial charge in [0, 0.05) is 11.6 Å². The van der Waals surface area contributed by atoms with Crippen LogP contribution in [-0.2, 0) is 0 Å². The number of rotatable bonds is 3. The zero-order valence-corrected chi connectivity index (χ0v) is 14.9. The predicted molar refractivity (Wildman–Crippen MR) is 94.9 cm³/mol. The van der Waals surface area contributed by atoms with Gasteiger partial charge in [0.15, 0.2) is 5.13 Å². The molecule has 1 aliphatic carbocycles. The number of halogens is 1. The maximum atomic E-state index is 10.2. The van der Waals surface area contributed by atoms with Crippen molar-refractivity contribution in [1.82, 2.24) is 4.98 Å². The van der Waals surface area contributed by atoms with E-state index in [9.17, 15) is 5.11 Å². The zero-order chi connectivity index (χ0) is 16.0. The third-order valence-corrected chi connectivity index (χ3v) is 5.65. The number of aliphatic hydroxyl groups is 1. The molecule has 1 heterocycles. The Morgan fingerprint density at radius 1 is 1.36 bits per heavy atom. The van der Waals surface area contributed by atoms with Crippen LogP contribution in [0.4, 0.5) is 5.13 Å². The maximum absolute atomic E-state index is 10.2. The molecule has 5 heteroatoms. The quantitative estimate of drug-likeness (QED) is 0.833. The molecule has 0 unspecified atom stereocenters. The Balaban J connectivity index is 1.72. The van der Waals surface area contributed by atoms with Gasteiger partial charge in [-0.2, -0.15) is 0 Å². The van der Waals surface area contributed by atoms with Crippen molar-refractivity contribution in [1.29, 1.82) is 0 Å². The second-order valence-corrected chi connectivity index (χ2v) is 9.17. The molecule has 0 amide bonds. The summed E-state index contributed by atoms with van der Waals surface area (Å²) in [7, 11) is 0. The molecule has 3 nitrogen and oxygen atoms in total. The van der Waals surface area contributed by atoms with E-state index in [-0.39, 0.29) is 16.9 Å². The van der Waals surface area contributed by atoms with E-state index in [1.807, 2.05) is 18.2 Å². The number of nitrogens with one attached hydrogen (secondary N) is 1. The Kier molecular flexibility index (Phi) is 4.12. The number of hydrogen-bond acceptors (Lipinski definition) is 4. The van der Waals surface area contributed by atoms with Gasteiger partial charge in [-0.25, -0.2) is 4.98 Å². The molecule has 2 atom stereocenters. The highest BCUT2D eigenvalue weighted by molar-refractivity contribution is 7.22. The maximum Gasteiger partial charge on any atom is 0.183 e. The first-order chi connectivity index (χ1) is 10.2. The van der Waals surface area contributed by atoms with Gasteiger partial charge in [-0.3, -0.25) is 0 Å². The number of fused-ring (bicyclic) bond motifs is 1. The smallest absolute Gasteiger partial charge is 0.183 e. The Labute approximate surface area is 140 Å². The first-order valence-electron chi connectivity index (χ1n) is 7.73. The lowest BCUT2D eigenvalue weighted by Gasteiger charge is -2.45. The summed E-state index contributed by atoms with van der Waals surface area (Å²) in [5, 5.41) is 15.3. The minimum atomic E-state index is -0.204. The van der Waals surface area contributed by atoms with Crippen LogP contribution in [0.25, 0.3) is 10.2 Å². The summed E-state index contributed by atoms with van der Waals surface area (Å²) in [6.07, 6.45) is 2.65. The van der Waals surface area contributed by atoms with E-state index in [2.05, 4.69) is 31.1 Å². The van der Waals surface area contributed by atoms with Crippen molar-refractivity contribution in [2.24, 2.45) is 10.8 Å². The fraction of sp³-hybridized carbons (Fsp3) is 0.588. The van der Waals surface area contributed by atoms with Gasteiger partial charge >= 0.3 is 0 Å². The lowest BCUT2D eigenvalue weighted by Crippen LogP contribution is -2.42. The molecule has 1 aromatic carbocycles. The van der Waals surface area contributed by atoms with Crippen LogP contribution in [0.3, 0.4) is 0 Å². The molecule has 120 valence electrons. The number of aromatic nitrogens is 1. The summed E-state index contributed by atoms with van der Waals surface area (Å²) in [5.41, 5.74) is 1.26. The lowest BCUT2D eigenvalue weighted by atomic mass is 9.63. The topological polar surface area (TPSA) is 45.1 Å². The highest BCUT2D eigenvalue weighted by atomic mass is 35.5. The third-order valence-electron chi connectivity index (χ3n) is 4.44. The number of nitrogens with zero attached hydrogens (tertiary/aromatic N) is 1. The van der Waals surface area contributed by atoms with Gasteiger partial charge in [0.2, 0.25) is 0 Å². The Hall–Kier alpha value is -0.840. The largest absolute Gasteiger partial charge is 0.393 e. The molecule has 1 fully saturated rings. The average Bonchev–Trinajstić information content (AvgIpc) is 2.75. The zero-order valence-electron chi connectivity index (χ0n) is 13.3. The summed E-state index contributed by atoms with van der Waals surface area (Å²) in [6.45, 7) is 7.58. The van der Waals surface area contributed by atoms with E-state index in [4.69, 9.17) is 11.6 Å². The Bertz CT molecular complexity index is 684. The number of thiazole rings is 1. The SMILES string of the molecule is CC1(C)C[C@H](O)C[C@](C)(CNc2nc3ccc(Cl)cc3s2)C1. The highest BCUT2D eigenvalue weighted by Crippen LogP contribution is 2.46. The van der Waals surface area contributed by atoms with Crippen LogP contribution in [0.1, 0.15) is 40.0 Å². The average molecular weight is 339 g/mol. The van der Waals surface area contributed by atoms with Gasteiger partial charge in [0.25, 0.3) is 0 Å². The van der Waals surface area contributed by atoms with Crippen LogP contribution in [0.2, 0.25) is 5.02 Å². The number of hydrogen-bond donors (Lipinski definition) is 2. The molecule has 3 rings (SSSR count). The van der Waals surface area contributed by atoms with E-state index < -0.39 is 0 Å². The van der Waals surface area contributed by atoms with Gasteiger partial charge in [0.05, 0.1) is 16.3 Å². The van der Waals surface area contributed by atoms with E-state index in [1.165, 1.54) is 0 Å². The van der Waals surface area contributed by atoms with Crippen molar-refractivity contribution in [2.45, 2.75) is 46.1 Å². The van der Waals surface area contributed by atoms with Crippen LogP contribution in [0.15, 0.2) is 18.2 Å². The van der Waals surface area contributed by atoms with E-state index in [1.54, 1.807) is 11.3 Å². The molecule has 1 aliphatic rings. The van der Waals surface area contributed by atoms with Crippen molar-refractivity contribution in [3.8, 4) is 0 Å². The fourth-order valence-electron chi connectivity index (χ4n) is 3.98. The number of aliphatic hydroxyl groups excluding tert-OH is 1. The molecule has 0 aliphatic heterocycles. The molecule has 0 radical (unpaired) electrons. The number of benzene rings is 1. The molecule has 1 aromatic heterocycles. The van der Waals surface area contributed by atoms with Crippen molar-refractivity contribution >= 4 is 38.3 Å². The van der Waals surface area contributed by atoms with Crippen molar-refractivity contribution in [3.05, 3.63) is 23.2 Å². The summed E-state index contributed by atoms with van der Waals surface area (Å²) < 4.78 is 1.10. The van der Waals surface area contributed by atoms with Crippen molar-refractivity contribution in [2.75, 3.05) is 11.9 Å². The molecule has 2 aromatic rings. The molecule has 0 saturated heterocycles. The van der Waals surface area contributed by atoms with Gasteiger partial charge in [-0.1, -0.05) is 43.7 Å². The summed E-state index contributed by atoms with van der Waals surface area (Å²) >= 11 is 7.66. The molecule has 0 spiro atoms. The van der Waals surface area contributed by atoms with Crippen LogP contribution >= 0.6 is 22.9 Å². The predicted octanol–water partition coefficient (Wildman–Crippen LogP) is 4.94. The van der Waals surface area contributed by atoms with E-state index in [0.29, 0.717) is 0 Å². The monoisotopic (exact) mass is 338 g/mol. The van der Waals surface area contributed by atoms with Gasteiger partial charge in [-0.15, -0.1) is 0 Å². The lowest BCUT2D eigenvalue weighted by molar-refractivity contribution is -0.00317.